The van der Waals surface area contributed by atoms with E-state index in [1.165, 1.54) is 5.69 Å². The van der Waals surface area contributed by atoms with Crippen LogP contribution in [-0.4, -0.2) is 52.1 Å². The SMILES string of the molecule is Cn1nccc1CCNC1CCN(C(=O)OC(C)(C)C)C1. The van der Waals surface area contributed by atoms with Gasteiger partial charge in [-0.3, -0.25) is 4.68 Å². The molecular weight excluding hydrogens is 268 g/mol. The quantitative estimate of drug-likeness (QED) is 0.915. The Kier molecular flexibility index (Phi) is 4.88. The Hall–Kier alpha value is -1.56. The van der Waals surface area contributed by atoms with E-state index in [9.17, 15) is 4.79 Å². The van der Waals surface area contributed by atoms with Gasteiger partial charge in [0.2, 0.25) is 0 Å². The van der Waals surface area contributed by atoms with E-state index in [2.05, 4.69) is 10.4 Å². The summed E-state index contributed by atoms with van der Waals surface area (Å²) in [6, 6.07) is 2.38. The highest BCUT2D eigenvalue weighted by Crippen LogP contribution is 2.15. The van der Waals surface area contributed by atoms with Gasteiger partial charge in [0.15, 0.2) is 0 Å². The largest absolute Gasteiger partial charge is 0.444 e. The van der Waals surface area contributed by atoms with Gasteiger partial charge in [0, 0.05) is 51.0 Å². The number of nitrogens with zero attached hydrogens (tertiary/aromatic N) is 3. The van der Waals surface area contributed by atoms with Gasteiger partial charge in [-0.25, -0.2) is 4.79 Å². The van der Waals surface area contributed by atoms with Gasteiger partial charge in [0.25, 0.3) is 0 Å². The lowest BCUT2D eigenvalue weighted by molar-refractivity contribution is 0.0291. The van der Waals surface area contributed by atoms with Crippen LogP contribution in [0.25, 0.3) is 0 Å². The Balaban J connectivity index is 1.70. The third-order valence-corrected chi connectivity index (χ3v) is 3.58. The zero-order valence-electron chi connectivity index (χ0n) is 13.4. The van der Waals surface area contributed by atoms with Crippen molar-refractivity contribution >= 4 is 6.09 Å². The van der Waals surface area contributed by atoms with Crippen molar-refractivity contribution in [3.05, 3.63) is 18.0 Å². The second-order valence-electron chi connectivity index (χ2n) is 6.56. The van der Waals surface area contributed by atoms with Gasteiger partial charge in [0.1, 0.15) is 5.60 Å². The number of carbonyl (C=O) groups excluding carboxylic acids is 1. The van der Waals surface area contributed by atoms with Crippen molar-refractivity contribution in [3.8, 4) is 0 Å². The van der Waals surface area contributed by atoms with E-state index in [0.717, 1.165) is 32.5 Å². The molecule has 0 aliphatic carbocycles. The van der Waals surface area contributed by atoms with Crippen molar-refractivity contribution in [1.82, 2.24) is 20.0 Å². The Labute approximate surface area is 126 Å². The first kappa shape index (κ1) is 15.8. The van der Waals surface area contributed by atoms with Crippen LogP contribution in [0.1, 0.15) is 32.9 Å². The van der Waals surface area contributed by atoms with Crippen molar-refractivity contribution in [2.45, 2.75) is 45.3 Å². The summed E-state index contributed by atoms with van der Waals surface area (Å²) in [5, 5.41) is 7.66. The lowest BCUT2D eigenvalue weighted by Gasteiger charge is -2.24. The number of amides is 1. The molecule has 1 amide bonds. The normalized spacial score (nSPS) is 19.0. The predicted molar refractivity (Wildman–Crippen MR) is 81.1 cm³/mol. The summed E-state index contributed by atoms with van der Waals surface area (Å²) in [6.45, 7) is 8.06. The summed E-state index contributed by atoms with van der Waals surface area (Å²) in [4.78, 5) is 13.8. The van der Waals surface area contributed by atoms with Gasteiger partial charge in [0.05, 0.1) is 0 Å². The molecule has 118 valence electrons. The minimum atomic E-state index is -0.428. The zero-order valence-corrected chi connectivity index (χ0v) is 13.4. The van der Waals surface area contributed by atoms with Crippen molar-refractivity contribution in [2.24, 2.45) is 7.05 Å². The summed E-state index contributed by atoms with van der Waals surface area (Å²) < 4.78 is 7.29. The summed E-state index contributed by atoms with van der Waals surface area (Å²) in [7, 11) is 1.95. The summed E-state index contributed by atoms with van der Waals surface area (Å²) in [6.07, 6.45) is 3.53. The first-order valence-corrected chi connectivity index (χ1v) is 7.53. The molecule has 6 nitrogen and oxygen atoms in total. The van der Waals surface area contributed by atoms with Crippen LogP contribution in [-0.2, 0) is 18.2 Å². The van der Waals surface area contributed by atoms with Crippen molar-refractivity contribution < 1.29 is 9.53 Å². The number of nitrogens with one attached hydrogen (secondary N) is 1. The predicted octanol–water partition coefficient (Wildman–Crippen LogP) is 1.56. The fourth-order valence-corrected chi connectivity index (χ4v) is 2.47. The highest BCUT2D eigenvalue weighted by molar-refractivity contribution is 5.68. The second-order valence-corrected chi connectivity index (χ2v) is 6.56. The molecule has 0 radical (unpaired) electrons. The van der Waals surface area contributed by atoms with E-state index < -0.39 is 5.60 Å². The van der Waals surface area contributed by atoms with Gasteiger partial charge in [-0.1, -0.05) is 0 Å². The highest BCUT2D eigenvalue weighted by atomic mass is 16.6. The lowest BCUT2D eigenvalue weighted by atomic mass is 10.2. The smallest absolute Gasteiger partial charge is 0.410 e. The third kappa shape index (κ3) is 4.74. The molecule has 1 atom stereocenters. The number of hydrogen-bond donors (Lipinski definition) is 1. The van der Waals surface area contributed by atoms with E-state index in [-0.39, 0.29) is 6.09 Å². The Bertz CT molecular complexity index is 478. The molecule has 1 saturated heterocycles. The van der Waals surface area contributed by atoms with E-state index in [0.29, 0.717) is 6.04 Å². The second kappa shape index (κ2) is 6.47. The Morgan fingerprint density at radius 3 is 2.90 bits per heavy atom. The maximum absolute atomic E-state index is 12.0. The monoisotopic (exact) mass is 294 g/mol. The van der Waals surface area contributed by atoms with Crippen LogP contribution >= 0.6 is 0 Å². The number of hydrogen-bond acceptors (Lipinski definition) is 4. The Morgan fingerprint density at radius 1 is 1.52 bits per heavy atom. The molecule has 0 saturated carbocycles. The summed E-state index contributed by atoms with van der Waals surface area (Å²) >= 11 is 0. The zero-order chi connectivity index (χ0) is 15.5. The Morgan fingerprint density at radius 2 is 2.29 bits per heavy atom. The maximum atomic E-state index is 12.0. The fourth-order valence-electron chi connectivity index (χ4n) is 2.47. The van der Waals surface area contributed by atoms with Gasteiger partial charge >= 0.3 is 6.09 Å². The van der Waals surface area contributed by atoms with Gasteiger partial charge in [-0.15, -0.1) is 0 Å². The summed E-state index contributed by atoms with van der Waals surface area (Å²) in [5.41, 5.74) is 0.784. The minimum Gasteiger partial charge on any atom is -0.444 e. The van der Waals surface area contributed by atoms with Gasteiger partial charge in [-0.2, -0.15) is 5.10 Å². The van der Waals surface area contributed by atoms with Gasteiger partial charge < -0.3 is 15.0 Å². The molecule has 1 aliphatic heterocycles. The van der Waals surface area contributed by atoms with Gasteiger partial charge in [-0.05, 0) is 33.3 Å². The van der Waals surface area contributed by atoms with E-state index in [4.69, 9.17) is 4.74 Å². The maximum Gasteiger partial charge on any atom is 0.410 e. The number of ether oxygens (including phenoxy) is 1. The molecule has 1 N–H and O–H groups in total. The van der Waals surface area contributed by atoms with Crippen molar-refractivity contribution in [2.75, 3.05) is 19.6 Å². The van der Waals surface area contributed by atoms with Crippen LogP contribution in [0.3, 0.4) is 0 Å². The van der Waals surface area contributed by atoms with Crippen LogP contribution in [0.5, 0.6) is 0 Å². The molecule has 2 heterocycles. The topological polar surface area (TPSA) is 59.4 Å². The molecule has 1 unspecified atom stereocenters. The fraction of sp³-hybridized carbons (Fsp3) is 0.733. The first-order valence-electron chi connectivity index (χ1n) is 7.53. The van der Waals surface area contributed by atoms with Crippen LogP contribution in [0.2, 0.25) is 0 Å². The standard InChI is InChI=1S/C15H26N4O2/c1-15(2,3)21-14(20)19-10-7-12(11-19)16-8-5-13-6-9-17-18(13)4/h6,9,12,16H,5,7-8,10-11H2,1-4H3. The molecule has 0 spiro atoms. The number of aryl methyl sites for hydroxylation is 1. The molecule has 1 fully saturated rings. The minimum absolute atomic E-state index is 0.210. The molecule has 1 aliphatic rings. The van der Waals surface area contributed by atoms with E-state index >= 15 is 0 Å². The van der Waals surface area contributed by atoms with Crippen LogP contribution in [0.15, 0.2) is 12.3 Å². The lowest BCUT2D eigenvalue weighted by Crippen LogP contribution is -2.38. The van der Waals surface area contributed by atoms with Crippen molar-refractivity contribution in [1.29, 1.82) is 0 Å². The first-order chi connectivity index (χ1) is 9.85. The molecule has 0 bridgehead atoms. The van der Waals surface area contributed by atoms with Crippen LogP contribution < -0.4 is 5.32 Å². The third-order valence-electron chi connectivity index (χ3n) is 3.58. The molecular formula is C15H26N4O2. The molecule has 1 aromatic rings. The van der Waals surface area contributed by atoms with E-state index in [1.807, 2.05) is 44.8 Å². The number of carbonyl (C=O) groups is 1. The van der Waals surface area contributed by atoms with Crippen molar-refractivity contribution in [3.63, 3.8) is 0 Å². The average Bonchev–Trinajstić information content (AvgIpc) is 2.97. The molecule has 0 aromatic carbocycles. The summed E-state index contributed by atoms with van der Waals surface area (Å²) in [5.74, 6) is 0. The highest BCUT2D eigenvalue weighted by Gasteiger charge is 2.29. The molecule has 6 heteroatoms. The average molecular weight is 294 g/mol. The van der Waals surface area contributed by atoms with Crippen LogP contribution in [0.4, 0.5) is 4.79 Å². The number of likely N-dealkylation sites (tertiary alicyclic amines) is 1. The van der Waals surface area contributed by atoms with Crippen LogP contribution in [0, 0.1) is 0 Å². The molecule has 21 heavy (non-hydrogen) atoms. The van der Waals surface area contributed by atoms with E-state index in [1.54, 1.807) is 4.90 Å². The molecule has 2 rings (SSSR count). The number of rotatable bonds is 4. The number of aromatic nitrogens is 2. The molecule has 1 aromatic heterocycles.